The van der Waals surface area contributed by atoms with Crippen molar-refractivity contribution in [1.82, 2.24) is 4.90 Å². The molecule has 2 unspecified atom stereocenters. The molecule has 2 rings (SSSR count). The van der Waals surface area contributed by atoms with Gasteiger partial charge in [0.05, 0.1) is 5.56 Å². The van der Waals surface area contributed by atoms with Crippen LogP contribution in [0.25, 0.3) is 0 Å². The topological polar surface area (TPSA) is 20.3 Å². The SMILES string of the molecule is Cc1cccc(C(=O)N(C)C2CCCCC2C)c1Br. The van der Waals surface area contributed by atoms with Crippen LogP contribution in [0.5, 0.6) is 0 Å². The zero-order valence-electron chi connectivity index (χ0n) is 11.9. The monoisotopic (exact) mass is 323 g/mol. The first-order valence-corrected chi connectivity index (χ1v) is 7.84. The van der Waals surface area contributed by atoms with Crippen LogP contribution in [-0.4, -0.2) is 23.9 Å². The molecule has 1 aliphatic carbocycles. The summed E-state index contributed by atoms with van der Waals surface area (Å²) < 4.78 is 0.926. The summed E-state index contributed by atoms with van der Waals surface area (Å²) in [6.07, 6.45) is 4.90. The molecule has 0 N–H and O–H groups in total. The van der Waals surface area contributed by atoms with Crippen molar-refractivity contribution in [2.45, 2.75) is 45.6 Å². The van der Waals surface area contributed by atoms with E-state index in [1.165, 1.54) is 19.3 Å². The molecule has 0 radical (unpaired) electrons. The number of halogens is 1. The summed E-state index contributed by atoms with van der Waals surface area (Å²) in [4.78, 5) is 14.6. The second-order valence-corrected chi connectivity index (χ2v) is 6.47. The lowest BCUT2D eigenvalue weighted by Gasteiger charge is -2.36. The van der Waals surface area contributed by atoms with E-state index in [1.807, 2.05) is 37.1 Å². The first-order valence-electron chi connectivity index (χ1n) is 7.04. The Balaban J connectivity index is 2.21. The molecule has 0 bridgehead atoms. The molecular formula is C16H22BrNO. The Labute approximate surface area is 124 Å². The molecule has 1 aromatic carbocycles. The second-order valence-electron chi connectivity index (χ2n) is 5.68. The average molecular weight is 324 g/mol. The Morgan fingerprint density at radius 1 is 1.32 bits per heavy atom. The van der Waals surface area contributed by atoms with Crippen molar-refractivity contribution in [2.75, 3.05) is 7.05 Å². The zero-order chi connectivity index (χ0) is 14.0. The molecule has 2 atom stereocenters. The van der Waals surface area contributed by atoms with Crippen LogP contribution >= 0.6 is 15.9 Å². The molecule has 1 fully saturated rings. The average Bonchev–Trinajstić information content (AvgIpc) is 2.41. The minimum Gasteiger partial charge on any atom is -0.338 e. The number of benzene rings is 1. The summed E-state index contributed by atoms with van der Waals surface area (Å²) in [6, 6.07) is 6.26. The summed E-state index contributed by atoms with van der Waals surface area (Å²) in [6.45, 7) is 4.28. The number of nitrogens with zero attached hydrogens (tertiary/aromatic N) is 1. The Morgan fingerprint density at radius 3 is 2.68 bits per heavy atom. The van der Waals surface area contributed by atoms with Crippen molar-refractivity contribution < 1.29 is 4.79 Å². The highest BCUT2D eigenvalue weighted by atomic mass is 79.9. The van der Waals surface area contributed by atoms with Gasteiger partial charge < -0.3 is 4.90 Å². The number of carbonyl (C=O) groups is 1. The van der Waals surface area contributed by atoms with Crippen LogP contribution in [0.1, 0.15) is 48.5 Å². The zero-order valence-corrected chi connectivity index (χ0v) is 13.5. The van der Waals surface area contributed by atoms with Gasteiger partial charge in [-0.05, 0) is 53.2 Å². The number of hydrogen-bond acceptors (Lipinski definition) is 1. The lowest BCUT2D eigenvalue weighted by Crippen LogP contribution is -2.42. The molecule has 3 heteroatoms. The summed E-state index contributed by atoms with van der Waals surface area (Å²) in [5.74, 6) is 0.737. The second kappa shape index (κ2) is 6.08. The van der Waals surface area contributed by atoms with Crippen LogP contribution in [0.2, 0.25) is 0 Å². The summed E-state index contributed by atoms with van der Waals surface area (Å²) >= 11 is 3.54. The van der Waals surface area contributed by atoms with Crippen LogP contribution in [0.4, 0.5) is 0 Å². The summed E-state index contributed by atoms with van der Waals surface area (Å²) in [5.41, 5.74) is 1.89. The molecule has 104 valence electrons. The maximum Gasteiger partial charge on any atom is 0.255 e. The van der Waals surface area contributed by atoms with Gasteiger partial charge in [-0.2, -0.15) is 0 Å². The Morgan fingerprint density at radius 2 is 2.00 bits per heavy atom. The van der Waals surface area contributed by atoms with Gasteiger partial charge in [0.25, 0.3) is 5.91 Å². The fourth-order valence-electron chi connectivity index (χ4n) is 3.03. The van der Waals surface area contributed by atoms with Gasteiger partial charge in [0, 0.05) is 17.6 Å². The van der Waals surface area contributed by atoms with E-state index in [4.69, 9.17) is 0 Å². The van der Waals surface area contributed by atoms with E-state index in [9.17, 15) is 4.79 Å². The molecule has 1 aliphatic rings. The van der Waals surface area contributed by atoms with Crippen LogP contribution < -0.4 is 0 Å². The molecule has 19 heavy (non-hydrogen) atoms. The lowest BCUT2D eigenvalue weighted by molar-refractivity contribution is 0.0628. The fourth-order valence-corrected chi connectivity index (χ4v) is 3.46. The predicted octanol–water partition coefficient (Wildman–Crippen LogP) is 4.41. The van der Waals surface area contributed by atoms with Gasteiger partial charge in [0.1, 0.15) is 0 Å². The Hall–Kier alpha value is -0.830. The van der Waals surface area contributed by atoms with E-state index in [1.54, 1.807) is 0 Å². The van der Waals surface area contributed by atoms with Gasteiger partial charge in [-0.3, -0.25) is 4.79 Å². The minimum absolute atomic E-state index is 0.134. The van der Waals surface area contributed by atoms with Gasteiger partial charge in [0.2, 0.25) is 0 Å². The van der Waals surface area contributed by atoms with Crippen LogP contribution in [0.15, 0.2) is 22.7 Å². The molecule has 0 spiro atoms. The Bertz CT molecular complexity index is 472. The van der Waals surface area contributed by atoms with Crippen LogP contribution in [0, 0.1) is 12.8 Å². The third-order valence-corrected chi connectivity index (χ3v) is 5.36. The molecule has 1 amide bonds. The van der Waals surface area contributed by atoms with E-state index >= 15 is 0 Å². The number of carbonyl (C=O) groups excluding carboxylic acids is 1. The standard InChI is InChI=1S/C16H22BrNO/c1-11-7-4-5-10-14(11)18(3)16(19)13-9-6-8-12(2)15(13)17/h6,8-9,11,14H,4-5,7,10H2,1-3H3. The maximum atomic E-state index is 12.7. The lowest BCUT2D eigenvalue weighted by atomic mass is 9.85. The third kappa shape index (κ3) is 3.02. The molecule has 0 heterocycles. The van der Waals surface area contributed by atoms with Crippen molar-refractivity contribution in [2.24, 2.45) is 5.92 Å². The van der Waals surface area contributed by atoms with E-state index in [-0.39, 0.29) is 5.91 Å². The van der Waals surface area contributed by atoms with E-state index in [0.717, 1.165) is 22.0 Å². The maximum absolute atomic E-state index is 12.7. The summed E-state index contributed by atoms with van der Waals surface area (Å²) in [5, 5.41) is 0. The Kier molecular flexibility index (Phi) is 4.67. The van der Waals surface area contributed by atoms with Crippen LogP contribution in [0.3, 0.4) is 0 Å². The van der Waals surface area contributed by atoms with Crippen molar-refractivity contribution in [3.63, 3.8) is 0 Å². The van der Waals surface area contributed by atoms with E-state index < -0.39 is 0 Å². The quantitative estimate of drug-likeness (QED) is 0.789. The number of amides is 1. The summed E-state index contributed by atoms with van der Waals surface area (Å²) in [7, 11) is 1.95. The highest BCUT2D eigenvalue weighted by molar-refractivity contribution is 9.10. The number of hydrogen-bond donors (Lipinski definition) is 0. The smallest absolute Gasteiger partial charge is 0.255 e. The van der Waals surface area contributed by atoms with E-state index in [2.05, 4.69) is 22.9 Å². The normalized spacial score (nSPS) is 23.2. The molecule has 0 aromatic heterocycles. The van der Waals surface area contributed by atoms with Crippen molar-refractivity contribution >= 4 is 21.8 Å². The molecule has 1 saturated carbocycles. The largest absolute Gasteiger partial charge is 0.338 e. The van der Waals surface area contributed by atoms with E-state index in [0.29, 0.717) is 12.0 Å². The fraction of sp³-hybridized carbons (Fsp3) is 0.562. The third-order valence-electron chi connectivity index (χ3n) is 4.31. The molecule has 1 aromatic rings. The number of aryl methyl sites for hydroxylation is 1. The van der Waals surface area contributed by atoms with Gasteiger partial charge in [-0.1, -0.05) is 31.9 Å². The van der Waals surface area contributed by atoms with Gasteiger partial charge in [-0.25, -0.2) is 0 Å². The highest BCUT2D eigenvalue weighted by Gasteiger charge is 2.29. The molecule has 2 nitrogen and oxygen atoms in total. The predicted molar refractivity (Wildman–Crippen MR) is 82.4 cm³/mol. The van der Waals surface area contributed by atoms with Crippen molar-refractivity contribution in [1.29, 1.82) is 0 Å². The first-order chi connectivity index (χ1) is 9.02. The minimum atomic E-state index is 0.134. The molecule has 0 saturated heterocycles. The van der Waals surface area contributed by atoms with Crippen molar-refractivity contribution in [3.05, 3.63) is 33.8 Å². The highest BCUT2D eigenvalue weighted by Crippen LogP contribution is 2.29. The van der Waals surface area contributed by atoms with Crippen molar-refractivity contribution in [3.8, 4) is 0 Å². The molecular weight excluding hydrogens is 302 g/mol. The first kappa shape index (κ1) is 14.6. The van der Waals surface area contributed by atoms with Crippen LogP contribution in [-0.2, 0) is 0 Å². The number of rotatable bonds is 2. The van der Waals surface area contributed by atoms with Gasteiger partial charge in [-0.15, -0.1) is 0 Å². The van der Waals surface area contributed by atoms with Gasteiger partial charge >= 0.3 is 0 Å². The van der Waals surface area contributed by atoms with Gasteiger partial charge in [0.15, 0.2) is 0 Å². The molecule has 0 aliphatic heterocycles.